The van der Waals surface area contributed by atoms with Gasteiger partial charge in [0.1, 0.15) is 0 Å². The van der Waals surface area contributed by atoms with Crippen molar-refractivity contribution in [3.8, 4) is 0 Å². The first kappa shape index (κ1) is 13.3. The van der Waals surface area contributed by atoms with Crippen LogP contribution < -0.4 is 5.32 Å². The molecule has 5 heteroatoms. The molecule has 0 aromatic heterocycles. The third kappa shape index (κ3) is 4.28. The number of hydrogen-bond acceptors (Lipinski definition) is 1. The molecule has 0 saturated carbocycles. The lowest BCUT2D eigenvalue weighted by Gasteiger charge is -2.06. The molecule has 1 amide bonds. The highest BCUT2D eigenvalue weighted by atomic mass is 127. The zero-order valence-electron chi connectivity index (χ0n) is 7.90. The van der Waals surface area contributed by atoms with Crippen LogP contribution in [0.5, 0.6) is 0 Å². The maximum Gasteiger partial charge on any atom is 0.252 e. The smallest absolute Gasteiger partial charge is 0.252 e. The molecule has 0 bridgehead atoms. The van der Waals surface area contributed by atoms with Crippen molar-refractivity contribution in [2.75, 3.05) is 11.9 Å². The third-order valence-electron chi connectivity index (χ3n) is 1.77. The minimum atomic E-state index is -0.0668. The van der Waals surface area contributed by atoms with Crippen molar-refractivity contribution in [3.63, 3.8) is 0 Å². The summed E-state index contributed by atoms with van der Waals surface area (Å²) in [5.41, 5.74) is 0.637. The van der Waals surface area contributed by atoms with Crippen LogP contribution in [0.4, 0.5) is 0 Å². The first-order chi connectivity index (χ1) is 7.15. The maximum absolute atomic E-state index is 11.7. The Morgan fingerprint density at radius 3 is 2.93 bits per heavy atom. The molecule has 0 fully saturated rings. The van der Waals surface area contributed by atoms with Crippen LogP contribution in [0.3, 0.4) is 0 Å². The minimum Gasteiger partial charge on any atom is -0.352 e. The van der Waals surface area contributed by atoms with Crippen molar-refractivity contribution in [2.45, 2.75) is 6.42 Å². The second kappa shape index (κ2) is 6.70. The first-order valence-corrected chi connectivity index (χ1v) is 7.02. The highest BCUT2D eigenvalue weighted by Crippen LogP contribution is 2.17. The lowest BCUT2D eigenvalue weighted by Crippen LogP contribution is -2.25. The van der Waals surface area contributed by atoms with Crippen LogP contribution in [0.2, 0.25) is 5.02 Å². The van der Waals surface area contributed by atoms with Gasteiger partial charge in [-0.3, -0.25) is 4.79 Å². The van der Waals surface area contributed by atoms with Crippen molar-refractivity contribution < 1.29 is 4.79 Å². The number of alkyl halides is 1. The van der Waals surface area contributed by atoms with Crippen LogP contribution in [0.15, 0.2) is 18.2 Å². The fraction of sp³-hybridized carbons (Fsp3) is 0.300. The summed E-state index contributed by atoms with van der Waals surface area (Å²) in [4.78, 5) is 11.7. The van der Waals surface area contributed by atoms with Gasteiger partial charge in [0.15, 0.2) is 0 Å². The molecule has 0 radical (unpaired) electrons. The van der Waals surface area contributed by atoms with E-state index in [9.17, 15) is 4.79 Å². The number of hydrogen-bond donors (Lipinski definition) is 1. The third-order valence-corrected chi connectivity index (χ3v) is 3.51. The van der Waals surface area contributed by atoms with E-state index in [0.29, 0.717) is 17.1 Å². The summed E-state index contributed by atoms with van der Waals surface area (Å²) in [5.74, 6) is -0.0668. The van der Waals surface area contributed by atoms with Crippen LogP contribution in [-0.2, 0) is 0 Å². The van der Waals surface area contributed by atoms with E-state index in [1.807, 2.05) is 6.07 Å². The van der Waals surface area contributed by atoms with E-state index < -0.39 is 0 Å². The van der Waals surface area contributed by atoms with Gasteiger partial charge in [0, 0.05) is 20.5 Å². The van der Waals surface area contributed by atoms with E-state index in [1.54, 1.807) is 12.1 Å². The molecule has 0 saturated heterocycles. The second-order valence-corrected chi connectivity index (χ2v) is 5.31. The molecular formula is C10H10BrClINO. The number of nitrogens with one attached hydrogen (secondary N) is 1. The van der Waals surface area contributed by atoms with Gasteiger partial charge in [-0.15, -0.1) is 0 Å². The molecule has 1 rings (SSSR count). The predicted molar refractivity (Wildman–Crippen MR) is 74.9 cm³/mol. The summed E-state index contributed by atoms with van der Waals surface area (Å²) in [7, 11) is 0. The Labute approximate surface area is 116 Å². The fourth-order valence-corrected chi connectivity index (χ4v) is 2.07. The van der Waals surface area contributed by atoms with E-state index in [4.69, 9.17) is 11.6 Å². The molecule has 1 aromatic carbocycles. The summed E-state index contributed by atoms with van der Waals surface area (Å²) in [6.07, 6.45) is 0.920. The van der Waals surface area contributed by atoms with Crippen molar-refractivity contribution in [3.05, 3.63) is 32.4 Å². The van der Waals surface area contributed by atoms with Gasteiger partial charge in [-0.1, -0.05) is 27.5 Å². The van der Waals surface area contributed by atoms with E-state index >= 15 is 0 Å². The predicted octanol–water partition coefficient (Wildman–Crippen LogP) is 3.46. The summed E-state index contributed by atoms with van der Waals surface area (Å²) < 4.78 is 0.911. The van der Waals surface area contributed by atoms with Gasteiger partial charge >= 0.3 is 0 Å². The molecule has 0 spiro atoms. The van der Waals surface area contributed by atoms with Crippen LogP contribution in [0.25, 0.3) is 0 Å². The Bertz CT molecular complexity index is 359. The van der Waals surface area contributed by atoms with Gasteiger partial charge in [0.25, 0.3) is 5.91 Å². The van der Waals surface area contributed by atoms with Gasteiger partial charge in [-0.25, -0.2) is 0 Å². The Morgan fingerprint density at radius 1 is 1.53 bits per heavy atom. The lowest BCUT2D eigenvalue weighted by atomic mass is 10.2. The topological polar surface area (TPSA) is 29.1 Å². The largest absolute Gasteiger partial charge is 0.352 e. The van der Waals surface area contributed by atoms with Crippen molar-refractivity contribution >= 4 is 56.0 Å². The Morgan fingerprint density at radius 2 is 2.27 bits per heavy atom. The zero-order valence-corrected chi connectivity index (χ0v) is 12.4. The number of benzene rings is 1. The van der Waals surface area contributed by atoms with Crippen LogP contribution >= 0.6 is 50.1 Å². The van der Waals surface area contributed by atoms with Gasteiger partial charge < -0.3 is 5.32 Å². The molecule has 0 aliphatic rings. The molecule has 0 unspecified atom stereocenters. The number of amides is 1. The monoisotopic (exact) mass is 401 g/mol. The lowest BCUT2D eigenvalue weighted by molar-refractivity contribution is 0.0953. The van der Waals surface area contributed by atoms with Crippen molar-refractivity contribution in [1.29, 1.82) is 0 Å². The fourth-order valence-electron chi connectivity index (χ4n) is 1.04. The average molecular weight is 402 g/mol. The van der Waals surface area contributed by atoms with Crippen LogP contribution in [0.1, 0.15) is 16.8 Å². The minimum absolute atomic E-state index is 0.0668. The van der Waals surface area contributed by atoms with E-state index in [1.165, 1.54) is 0 Å². The molecule has 0 atom stereocenters. The summed E-state index contributed by atoms with van der Waals surface area (Å²) >= 11 is 11.3. The number of halogens is 3. The second-order valence-electron chi connectivity index (χ2n) is 2.92. The van der Waals surface area contributed by atoms with Gasteiger partial charge in [-0.05, 0) is 47.2 Å². The highest BCUT2D eigenvalue weighted by Gasteiger charge is 2.09. The number of rotatable bonds is 4. The quantitative estimate of drug-likeness (QED) is 0.467. The SMILES string of the molecule is O=C(NCCCBr)c1cc(Cl)ccc1I. The van der Waals surface area contributed by atoms with Gasteiger partial charge in [-0.2, -0.15) is 0 Å². The molecule has 0 aliphatic heterocycles. The standard InChI is InChI=1S/C10H10BrClINO/c11-4-1-5-14-10(15)8-6-7(12)2-3-9(8)13/h2-3,6H,1,4-5H2,(H,14,15). The van der Waals surface area contributed by atoms with Gasteiger partial charge in [0.05, 0.1) is 5.56 Å². The molecule has 0 heterocycles. The molecule has 82 valence electrons. The zero-order chi connectivity index (χ0) is 11.3. The molecule has 1 aromatic rings. The Hall–Kier alpha value is 0.190. The normalized spacial score (nSPS) is 10.1. The maximum atomic E-state index is 11.7. The van der Waals surface area contributed by atoms with Crippen LogP contribution in [-0.4, -0.2) is 17.8 Å². The number of carbonyl (C=O) groups excluding carboxylic acids is 1. The molecule has 2 nitrogen and oxygen atoms in total. The highest BCUT2D eigenvalue weighted by molar-refractivity contribution is 14.1. The van der Waals surface area contributed by atoms with E-state index in [2.05, 4.69) is 43.8 Å². The molecule has 0 aliphatic carbocycles. The van der Waals surface area contributed by atoms with Gasteiger partial charge in [0.2, 0.25) is 0 Å². The first-order valence-electron chi connectivity index (χ1n) is 4.44. The molecule has 1 N–H and O–H groups in total. The summed E-state index contributed by atoms with van der Waals surface area (Å²) in [5, 5.41) is 4.31. The average Bonchev–Trinajstić information content (AvgIpc) is 2.22. The Balaban J connectivity index is 2.68. The van der Waals surface area contributed by atoms with Crippen LogP contribution in [0, 0.1) is 3.57 Å². The summed E-state index contributed by atoms with van der Waals surface area (Å²) in [6.45, 7) is 0.673. The summed E-state index contributed by atoms with van der Waals surface area (Å²) in [6, 6.07) is 5.30. The molecule has 15 heavy (non-hydrogen) atoms. The van der Waals surface area contributed by atoms with Crippen molar-refractivity contribution in [1.82, 2.24) is 5.32 Å². The van der Waals surface area contributed by atoms with Crippen molar-refractivity contribution in [2.24, 2.45) is 0 Å². The Kier molecular flexibility index (Phi) is 5.92. The number of carbonyl (C=O) groups is 1. The van der Waals surface area contributed by atoms with E-state index in [-0.39, 0.29) is 5.91 Å². The van der Waals surface area contributed by atoms with E-state index in [0.717, 1.165) is 15.3 Å². The molecular weight excluding hydrogens is 392 g/mol.